The fourth-order valence-electron chi connectivity index (χ4n) is 2.33. The van der Waals surface area contributed by atoms with Gasteiger partial charge < -0.3 is 28.0 Å². The molecule has 0 spiro atoms. The van der Waals surface area contributed by atoms with Crippen LogP contribution in [0.2, 0.25) is 0 Å². The van der Waals surface area contributed by atoms with Crippen LogP contribution in [0, 0.1) is 0 Å². The van der Waals surface area contributed by atoms with E-state index >= 15 is 0 Å². The third-order valence-corrected chi connectivity index (χ3v) is 4.61. The van der Waals surface area contributed by atoms with Crippen molar-refractivity contribution in [3.05, 3.63) is 60.4 Å². The number of benzene rings is 1. The fourth-order valence-corrected chi connectivity index (χ4v) is 3.24. The van der Waals surface area contributed by atoms with Crippen LogP contribution >= 0.6 is 11.8 Å². The third kappa shape index (κ3) is 8.36. The molecule has 0 aliphatic carbocycles. The molecule has 0 saturated heterocycles. The molecule has 1 heterocycles. The van der Waals surface area contributed by atoms with Crippen molar-refractivity contribution in [2.75, 3.05) is 6.54 Å². The summed E-state index contributed by atoms with van der Waals surface area (Å²) in [5.74, 6) is -1.03. The number of nitrogens with two attached hydrogens (primary N) is 1. The topological polar surface area (TPSA) is 93.1 Å². The molecule has 1 aromatic heterocycles. The van der Waals surface area contributed by atoms with Gasteiger partial charge >= 0.3 is 0 Å². The van der Waals surface area contributed by atoms with Crippen LogP contribution in [0.3, 0.4) is 0 Å². The van der Waals surface area contributed by atoms with Crippen molar-refractivity contribution >= 4 is 28.7 Å². The van der Waals surface area contributed by atoms with E-state index in [1.807, 2.05) is 30.6 Å². The molecule has 2 amide bonds. The van der Waals surface area contributed by atoms with E-state index in [-0.39, 0.29) is 28.6 Å². The zero-order valence-electron chi connectivity index (χ0n) is 14.8. The van der Waals surface area contributed by atoms with Crippen molar-refractivity contribution in [3.63, 3.8) is 0 Å². The molecule has 27 heavy (non-hydrogen) atoms. The van der Waals surface area contributed by atoms with E-state index in [0.717, 1.165) is 31.1 Å². The number of carbonyl (C=O) groups is 3. The minimum absolute atomic E-state index is 0. The maximum atomic E-state index is 12.2. The molecule has 144 valence electrons. The summed E-state index contributed by atoms with van der Waals surface area (Å²) >= 11 is 1.06. The lowest BCUT2D eigenvalue weighted by molar-refractivity contribution is -0.697. The summed E-state index contributed by atoms with van der Waals surface area (Å²) in [6, 6.07) is 12.7. The minimum atomic E-state index is -0.615. The number of aromatic nitrogens is 1. The molecule has 1 aromatic carbocycles. The monoisotopic (exact) mass is 451 g/mol. The third-order valence-electron chi connectivity index (χ3n) is 3.60. The average Bonchev–Trinajstić information content (AvgIpc) is 2.64. The largest absolute Gasteiger partial charge is 1.00 e. The molecule has 0 fully saturated rings. The molecular formula is C19H22BrN3O3S. The van der Waals surface area contributed by atoms with Crippen molar-refractivity contribution in [1.82, 2.24) is 5.32 Å². The second kappa shape index (κ2) is 12.2. The molecule has 6 nitrogen and oxygen atoms in total. The molecule has 0 atom stereocenters. The van der Waals surface area contributed by atoms with Gasteiger partial charge in [0.15, 0.2) is 17.5 Å². The van der Waals surface area contributed by atoms with Crippen LogP contribution in [-0.4, -0.2) is 23.5 Å². The highest BCUT2D eigenvalue weighted by molar-refractivity contribution is 8.13. The first-order valence-electron chi connectivity index (χ1n) is 8.36. The number of carbonyl (C=O) groups excluding carboxylic acids is 3. The quantitative estimate of drug-likeness (QED) is 0.281. The lowest BCUT2D eigenvalue weighted by Crippen LogP contribution is -3.00. The number of primary amides is 1. The van der Waals surface area contributed by atoms with Gasteiger partial charge in [0.25, 0.3) is 5.91 Å². The average molecular weight is 452 g/mol. The Morgan fingerprint density at radius 3 is 2.41 bits per heavy atom. The van der Waals surface area contributed by atoms with Gasteiger partial charge in [0.2, 0.25) is 5.91 Å². The predicted octanol–water partition coefficient (Wildman–Crippen LogP) is -1.32. The van der Waals surface area contributed by atoms with Crippen LogP contribution in [0.1, 0.15) is 29.6 Å². The predicted molar refractivity (Wildman–Crippen MR) is 99.3 cm³/mol. The highest BCUT2D eigenvalue weighted by Gasteiger charge is 2.15. The van der Waals surface area contributed by atoms with Crippen molar-refractivity contribution in [1.29, 1.82) is 0 Å². The van der Waals surface area contributed by atoms with Crippen LogP contribution in [0.4, 0.5) is 0 Å². The summed E-state index contributed by atoms with van der Waals surface area (Å²) in [6.45, 7) is 0.633. The van der Waals surface area contributed by atoms with Gasteiger partial charge in [-0.15, -0.1) is 0 Å². The molecule has 0 saturated carbocycles. The van der Waals surface area contributed by atoms with Gasteiger partial charge in [-0.2, -0.15) is 0 Å². The van der Waals surface area contributed by atoms with Gasteiger partial charge in [0.1, 0.15) is 6.54 Å². The molecule has 8 heteroatoms. The van der Waals surface area contributed by atoms with Crippen molar-refractivity contribution < 1.29 is 35.9 Å². The summed E-state index contributed by atoms with van der Waals surface area (Å²) in [5.41, 5.74) is 5.40. The van der Waals surface area contributed by atoms with Gasteiger partial charge in [0.05, 0.1) is 12.1 Å². The maximum absolute atomic E-state index is 12.2. The molecule has 0 aliphatic rings. The highest BCUT2D eigenvalue weighted by Crippen LogP contribution is 2.25. The standard InChI is InChI=1S/C19H21N3O3S.BrH/c20-17(23)14-21-19(25)15-8-2-3-9-16(15)26-18(24)10-4-7-13-22-11-5-1-6-12-22;/h1-3,5-6,8-9,11-12H,4,7,10,13-14H2,(H2-,20,21,23,25);1H. The van der Waals surface area contributed by atoms with E-state index < -0.39 is 11.8 Å². The summed E-state index contributed by atoms with van der Waals surface area (Å²) in [4.78, 5) is 35.7. The van der Waals surface area contributed by atoms with E-state index in [1.165, 1.54) is 0 Å². The van der Waals surface area contributed by atoms with E-state index in [1.54, 1.807) is 24.3 Å². The number of amides is 2. The molecule has 0 unspecified atom stereocenters. The van der Waals surface area contributed by atoms with Gasteiger partial charge in [-0.1, -0.05) is 30.0 Å². The Balaban J connectivity index is 0.00000364. The van der Waals surface area contributed by atoms with E-state index in [0.29, 0.717) is 16.9 Å². The second-order valence-electron chi connectivity index (χ2n) is 5.69. The Hall–Kier alpha value is -2.19. The Morgan fingerprint density at radius 1 is 1.00 bits per heavy atom. The molecular weight excluding hydrogens is 430 g/mol. The summed E-state index contributed by atoms with van der Waals surface area (Å²) < 4.78 is 2.08. The van der Waals surface area contributed by atoms with E-state index in [4.69, 9.17) is 5.73 Å². The number of unbranched alkanes of at least 4 members (excludes halogenated alkanes) is 1. The van der Waals surface area contributed by atoms with Crippen LogP contribution < -0.4 is 32.6 Å². The lowest BCUT2D eigenvalue weighted by atomic mass is 10.2. The number of nitrogens with one attached hydrogen (secondary N) is 1. The smallest absolute Gasteiger partial charge is 0.252 e. The first kappa shape index (κ1) is 22.9. The first-order chi connectivity index (χ1) is 12.6. The van der Waals surface area contributed by atoms with E-state index in [9.17, 15) is 14.4 Å². The van der Waals surface area contributed by atoms with Crippen LogP contribution in [0.15, 0.2) is 59.8 Å². The highest BCUT2D eigenvalue weighted by atomic mass is 79.9. The molecule has 2 rings (SSSR count). The number of rotatable bonds is 9. The number of hydrogen-bond donors (Lipinski definition) is 2. The van der Waals surface area contributed by atoms with Gasteiger partial charge in [-0.25, -0.2) is 4.57 Å². The van der Waals surface area contributed by atoms with E-state index in [2.05, 4.69) is 9.88 Å². The Morgan fingerprint density at radius 2 is 1.70 bits per heavy atom. The number of hydrogen-bond acceptors (Lipinski definition) is 4. The molecule has 3 N–H and O–H groups in total. The maximum Gasteiger partial charge on any atom is 0.252 e. The first-order valence-corrected chi connectivity index (χ1v) is 9.18. The Bertz CT molecular complexity index is 772. The SMILES string of the molecule is NC(=O)CNC(=O)c1ccccc1SC(=O)CCCC[n+]1ccccc1.[Br-]. The molecule has 0 radical (unpaired) electrons. The van der Waals surface area contributed by atoms with Crippen molar-refractivity contribution in [3.8, 4) is 0 Å². The number of aryl methyl sites for hydroxylation is 1. The van der Waals surface area contributed by atoms with Crippen LogP contribution in [-0.2, 0) is 16.1 Å². The normalized spacial score (nSPS) is 9.93. The van der Waals surface area contributed by atoms with Crippen molar-refractivity contribution in [2.24, 2.45) is 5.73 Å². The fraction of sp³-hybridized carbons (Fsp3) is 0.263. The van der Waals surface area contributed by atoms with Crippen LogP contribution in [0.5, 0.6) is 0 Å². The zero-order valence-corrected chi connectivity index (χ0v) is 17.2. The number of nitrogens with zero attached hydrogens (tertiary/aromatic N) is 1. The van der Waals surface area contributed by atoms with Gasteiger partial charge in [-0.05, 0) is 18.6 Å². The molecule has 0 aliphatic heterocycles. The summed E-state index contributed by atoms with van der Waals surface area (Å²) in [6.07, 6.45) is 6.12. The summed E-state index contributed by atoms with van der Waals surface area (Å²) in [7, 11) is 0. The summed E-state index contributed by atoms with van der Waals surface area (Å²) in [5, 5.41) is 2.45. The Labute approximate surface area is 173 Å². The molecule has 0 bridgehead atoms. The lowest BCUT2D eigenvalue weighted by Gasteiger charge is -2.08. The number of thioether (sulfide) groups is 1. The molecule has 2 aromatic rings. The number of pyridine rings is 1. The minimum Gasteiger partial charge on any atom is -1.00 e. The Kier molecular flexibility index (Phi) is 10.4. The zero-order chi connectivity index (χ0) is 18.8. The number of halogens is 1. The van der Waals surface area contributed by atoms with Crippen LogP contribution in [0.25, 0.3) is 0 Å². The van der Waals surface area contributed by atoms with Gasteiger partial charge in [0, 0.05) is 29.9 Å². The van der Waals surface area contributed by atoms with Gasteiger partial charge in [-0.3, -0.25) is 14.4 Å². The van der Waals surface area contributed by atoms with Crippen molar-refractivity contribution in [2.45, 2.75) is 30.7 Å². The second-order valence-corrected chi connectivity index (χ2v) is 6.79.